The molecule has 3 nitrogen and oxygen atoms in total. The molecule has 4 heteroatoms. The number of aryl methyl sites for hydroxylation is 2. The molecule has 0 aliphatic carbocycles. The second kappa shape index (κ2) is 6.99. The number of unbranched alkanes of at least 4 members (excludes halogenated alkanes) is 1. The SMILES string of the molecule is Cc1ccsc1C1C=C(N)ON1CCCCc1ccccc1. The molecule has 2 heterocycles. The van der Waals surface area contributed by atoms with E-state index in [0.717, 1.165) is 25.8 Å². The molecule has 1 atom stereocenters. The van der Waals surface area contributed by atoms with Crippen LogP contribution in [0.15, 0.2) is 53.7 Å². The second-order valence-electron chi connectivity index (χ2n) is 5.66. The maximum atomic E-state index is 5.87. The molecule has 22 heavy (non-hydrogen) atoms. The highest BCUT2D eigenvalue weighted by Crippen LogP contribution is 2.34. The highest BCUT2D eigenvalue weighted by molar-refractivity contribution is 7.10. The third kappa shape index (κ3) is 3.51. The van der Waals surface area contributed by atoms with Crippen LogP contribution in [0.1, 0.15) is 34.9 Å². The molecule has 116 valence electrons. The van der Waals surface area contributed by atoms with Crippen molar-refractivity contribution in [3.63, 3.8) is 0 Å². The summed E-state index contributed by atoms with van der Waals surface area (Å²) in [6, 6.07) is 12.9. The topological polar surface area (TPSA) is 38.5 Å². The Morgan fingerprint density at radius 2 is 2.00 bits per heavy atom. The van der Waals surface area contributed by atoms with Crippen molar-refractivity contribution < 1.29 is 4.84 Å². The summed E-state index contributed by atoms with van der Waals surface area (Å²) in [5, 5.41) is 4.14. The predicted molar refractivity (Wildman–Crippen MR) is 91.2 cm³/mol. The van der Waals surface area contributed by atoms with Crippen LogP contribution in [0.25, 0.3) is 0 Å². The Kier molecular flexibility index (Phi) is 4.80. The number of hydrogen-bond donors (Lipinski definition) is 1. The fraction of sp³-hybridized carbons (Fsp3) is 0.333. The fourth-order valence-corrected chi connectivity index (χ4v) is 3.78. The van der Waals surface area contributed by atoms with Crippen molar-refractivity contribution in [2.45, 2.75) is 32.2 Å². The summed E-state index contributed by atoms with van der Waals surface area (Å²) in [6.45, 7) is 3.04. The van der Waals surface area contributed by atoms with Crippen molar-refractivity contribution in [1.82, 2.24) is 5.06 Å². The van der Waals surface area contributed by atoms with Crippen molar-refractivity contribution in [2.24, 2.45) is 5.73 Å². The highest BCUT2D eigenvalue weighted by atomic mass is 32.1. The van der Waals surface area contributed by atoms with E-state index in [-0.39, 0.29) is 6.04 Å². The van der Waals surface area contributed by atoms with Crippen LogP contribution < -0.4 is 5.73 Å². The van der Waals surface area contributed by atoms with Gasteiger partial charge in [-0.15, -0.1) is 16.4 Å². The first-order chi connectivity index (χ1) is 10.7. The number of nitrogens with zero attached hydrogens (tertiary/aromatic N) is 1. The predicted octanol–water partition coefficient (Wildman–Crippen LogP) is 4.17. The standard InChI is InChI=1S/C18H22N2OS/c1-14-10-12-22-18(14)16-13-17(19)21-20(16)11-6-5-9-15-7-3-2-4-8-15/h2-4,7-8,10,12-13,16H,5-6,9,11,19H2,1H3. The number of benzene rings is 1. The number of rotatable bonds is 6. The van der Waals surface area contributed by atoms with Crippen LogP contribution in [0.5, 0.6) is 0 Å². The van der Waals surface area contributed by atoms with Gasteiger partial charge in [-0.3, -0.25) is 0 Å². The van der Waals surface area contributed by atoms with Gasteiger partial charge in [-0.25, -0.2) is 0 Å². The number of hydroxylamine groups is 2. The number of thiophene rings is 1. The minimum atomic E-state index is 0.164. The van der Waals surface area contributed by atoms with Crippen molar-refractivity contribution >= 4 is 11.3 Å². The molecule has 0 radical (unpaired) electrons. The van der Waals surface area contributed by atoms with Crippen molar-refractivity contribution in [3.8, 4) is 0 Å². The molecule has 1 aromatic carbocycles. The lowest BCUT2D eigenvalue weighted by atomic mass is 10.1. The van der Waals surface area contributed by atoms with Gasteiger partial charge in [0.15, 0.2) is 0 Å². The normalized spacial score (nSPS) is 18.2. The van der Waals surface area contributed by atoms with Crippen LogP contribution >= 0.6 is 11.3 Å². The maximum Gasteiger partial charge on any atom is 0.207 e. The first-order valence-electron chi connectivity index (χ1n) is 7.74. The Balaban J connectivity index is 1.53. The van der Waals surface area contributed by atoms with Crippen LogP contribution in [0, 0.1) is 6.92 Å². The smallest absolute Gasteiger partial charge is 0.207 e. The minimum absolute atomic E-state index is 0.164. The van der Waals surface area contributed by atoms with Gasteiger partial charge in [-0.2, -0.15) is 0 Å². The fourth-order valence-electron chi connectivity index (χ4n) is 2.78. The number of hydrogen-bond acceptors (Lipinski definition) is 4. The first-order valence-corrected chi connectivity index (χ1v) is 8.62. The van der Waals surface area contributed by atoms with Crippen molar-refractivity contribution in [1.29, 1.82) is 0 Å². The average Bonchev–Trinajstić information content (AvgIpc) is 3.10. The molecule has 1 unspecified atom stereocenters. The van der Waals surface area contributed by atoms with Gasteiger partial charge < -0.3 is 10.6 Å². The summed E-state index contributed by atoms with van der Waals surface area (Å²) in [4.78, 5) is 7.01. The summed E-state index contributed by atoms with van der Waals surface area (Å²) in [7, 11) is 0. The molecule has 0 amide bonds. The van der Waals surface area contributed by atoms with Gasteiger partial charge in [-0.1, -0.05) is 30.3 Å². The van der Waals surface area contributed by atoms with Gasteiger partial charge in [0.05, 0.1) is 0 Å². The average molecular weight is 314 g/mol. The third-order valence-corrected chi connectivity index (χ3v) is 5.05. The van der Waals surface area contributed by atoms with Crippen molar-refractivity contribution in [3.05, 3.63) is 69.7 Å². The Morgan fingerprint density at radius 1 is 1.18 bits per heavy atom. The summed E-state index contributed by atoms with van der Waals surface area (Å²) >= 11 is 1.77. The molecule has 0 saturated heterocycles. The largest absolute Gasteiger partial charge is 0.388 e. The molecule has 1 aromatic heterocycles. The van der Waals surface area contributed by atoms with E-state index in [9.17, 15) is 0 Å². The first kappa shape index (κ1) is 15.1. The van der Waals surface area contributed by atoms with Gasteiger partial charge in [0, 0.05) is 17.5 Å². The molecular formula is C18H22N2OS. The molecule has 0 saturated carbocycles. The van der Waals surface area contributed by atoms with E-state index in [2.05, 4.69) is 48.7 Å². The lowest BCUT2D eigenvalue weighted by molar-refractivity contribution is -0.119. The molecule has 0 fully saturated rings. The van der Waals surface area contributed by atoms with Crippen LogP contribution in [-0.4, -0.2) is 11.6 Å². The molecule has 0 bridgehead atoms. The molecule has 2 aromatic rings. The molecule has 1 aliphatic rings. The Labute approximate surface area is 136 Å². The molecule has 0 spiro atoms. The van der Waals surface area contributed by atoms with E-state index < -0.39 is 0 Å². The zero-order valence-corrected chi connectivity index (χ0v) is 13.7. The van der Waals surface area contributed by atoms with Crippen LogP contribution in [0.2, 0.25) is 0 Å². The quantitative estimate of drug-likeness (QED) is 0.813. The van der Waals surface area contributed by atoms with E-state index in [4.69, 9.17) is 10.6 Å². The minimum Gasteiger partial charge on any atom is -0.388 e. The third-order valence-electron chi connectivity index (χ3n) is 3.96. The van der Waals surface area contributed by atoms with E-state index in [0.29, 0.717) is 5.88 Å². The van der Waals surface area contributed by atoms with E-state index >= 15 is 0 Å². The van der Waals surface area contributed by atoms with Gasteiger partial charge in [0.1, 0.15) is 6.04 Å². The van der Waals surface area contributed by atoms with Gasteiger partial charge >= 0.3 is 0 Å². The van der Waals surface area contributed by atoms with E-state index in [1.807, 2.05) is 11.1 Å². The summed E-state index contributed by atoms with van der Waals surface area (Å²) in [5.41, 5.74) is 8.57. The van der Waals surface area contributed by atoms with Crippen molar-refractivity contribution in [2.75, 3.05) is 6.54 Å². The molecule has 2 N–H and O–H groups in total. The monoisotopic (exact) mass is 314 g/mol. The Bertz CT molecular complexity index is 636. The maximum absolute atomic E-state index is 5.87. The van der Waals surface area contributed by atoms with Gasteiger partial charge in [0.25, 0.3) is 0 Å². The van der Waals surface area contributed by atoms with E-state index in [1.165, 1.54) is 16.0 Å². The number of nitrogens with two attached hydrogens (primary N) is 1. The Morgan fingerprint density at radius 3 is 2.73 bits per heavy atom. The lowest BCUT2D eigenvalue weighted by Gasteiger charge is -2.22. The van der Waals surface area contributed by atoms with Crippen LogP contribution in [0.4, 0.5) is 0 Å². The van der Waals surface area contributed by atoms with Crippen LogP contribution in [0.3, 0.4) is 0 Å². The van der Waals surface area contributed by atoms with E-state index in [1.54, 1.807) is 11.3 Å². The lowest BCUT2D eigenvalue weighted by Crippen LogP contribution is -2.24. The second-order valence-corrected chi connectivity index (χ2v) is 6.60. The zero-order chi connectivity index (χ0) is 15.4. The van der Waals surface area contributed by atoms with Crippen LogP contribution in [-0.2, 0) is 11.3 Å². The molecule has 3 rings (SSSR count). The highest BCUT2D eigenvalue weighted by Gasteiger charge is 2.28. The summed E-state index contributed by atoms with van der Waals surface area (Å²) in [6.07, 6.45) is 5.37. The molecule has 1 aliphatic heterocycles. The zero-order valence-electron chi connectivity index (χ0n) is 12.9. The summed E-state index contributed by atoms with van der Waals surface area (Å²) in [5.74, 6) is 0.515. The van der Waals surface area contributed by atoms with Gasteiger partial charge in [0.2, 0.25) is 5.88 Å². The summed E-state index contributed by atoms with van der Waals surface area (Å²) < 4.78 is 0. The molecular weight excluding hydrogens is 292 g/mol. The Hall–Kier alpha value is -1.78. The van der Waals surface area contributed by atoms with Gasteiger partial charge in [-0.05, 0) is 48.8 Å².